The lowest BCUT2D eigenvalue weighted by molar-refractivity contribution is -0.131. The van der Waals surface area contributed by atoms with Gasteiger partial charge >= 0.3 is 0 Å². The van der Waals surface area contributed by atoms with Crippen molar-refractivity contribution in [2.45, 2.75) is 44.4 Å². The molecule has 118 valence electrons. The van der Waals surface area contributed by atoms with Gasteiger partial charge in [0.25, 0.3) is 0 Å². The number of aromatic nitrogens is 2. The molecule has 0 radical (unpaired) electrons. The average molecular weight is 300 g/mol. The van der Waals surface area contributed by atoms with Gasteiger partial charge in [-0.15, -0.1) is 0 Å². The number of hydrogen-bond donors (Lipinski definition) is 0. The first-order valence-electron chi connectivity index (χ1n) is 8.65. The Kier molecular flexibility index (Phi) is 3.72. The minimum atomic E-state index is 0.254. The molecule has 2 saturated carbocycles. The molecule has 1 aliphatic heterocycles. The summed E-state index contributed by atoms with van der Waals surface area (Å²) in [5.74, 6) is 3.42. The number of carbonyl (C=O) groups excluding carboxylic acids is 1. The predicted molar refractivity (Wildman–Crippen MR) is 84.8 cm³/mol. The van der Waals surface area contributed by atoms with Crippen molar-refractivity contribution >= 4 is 11.7 Å². The lowest BCUT2D eigenvalue weighted by Crippen LogP contribution is -2.51. The van der Waals surface area contributed by atoms with Crippen LogP contribution in [0.4, 0.5) is 5.82 Å². The van der Waals surface area contributed by atoms with Crippen molar-refractivity contribution in [2.75, 3.05) is 31.1 Å². The highest BCUT2D eigenvalue weighted by molar-refractivity contribution is 5.82. The quantitative estimate of drug-likeness (QED) is 0.855. The van der Waals surface area contributed by atoms with Crippen LogP contribution in [0.1, 0.15) is 50.3 Å². The van der Waals surface area contributed by atoms with Crippen molar-refractivity contribution in [3.8, 4) is 0 Å². The fraction of sp³-hybridized carbons (Fsp3) is 0.706. The van der Waals surface area contributed by atoms with E-state index in [2.05, 4.69) is 19.8 Å². The lowest BCUT2D eigenvalue weighted by atomic mass is 10.1. The second-order valence-electron chi connectivity index (χ2n) is 6.96. The largest absolute Gasteiger partial charge is 0.345 e. The first-order chi connectivity index (χ1) is 10.8. The molecule has 3 aliphatic rings. The van der Waals surface area contributed by atoms with Crippen LogP contribution in [0.15, 0.2) is 12.3 Å². The summed E-state index contributed by atoms with van der Waals surface area (Å²) < 4.78 is 0. The van der Waals surface area contributed by atoms with E-state index in [1.165, 1.54) is 38.5 Å². The van der Waals surface area contributed by atoms with E-state index in [-0.39, 0.29) is 5.91 Å². The molecule has 1 aromatic rings. The van der Waals surface area contributed by atoms with Crippen LogP contribution in [-0.4, -0.2) is 47.0 Å². The molecular formula is C17H24N4O. The molecule has 1 amide bonds. The van der Waals surface area contributed by atoms with Gasteiger partial charge in [0.2, 0.25) is 5.91 Å². The first-order valence-corrected chi connectivity index (χ1v) is 8.65. The molecule has 0 spiro atoms. The Balaban J connectivity index is 1.39. The molecule has 0 bridgehead atoms. The topological polar surface area (TPSA) is 49.3 Å². The molecule has 1 aromatic heterocycles. The zero-order valence-electron chi connectivity index (χ0n) is 13.1. The number of anilines is 1. The minimum absolute atomic E-state index is 0.254. The summed E-state index contributed by atoms with van der Waals surface area (Å²) in [6.07, 6.45) is 9.52. The molecule has 22 heavy (non-hydrogen) atoms. The van der Waals surface area contributed by atoms with Crippen molar-refractivity contribution in [3.05, 3.63) is 18.1 Å². The fourth-order valence-electron chi connectivity index (χ4n) is 3.68. The summed E-state index contributed by atoms with van der Waals surface area (Å²) in [7, 11) is 0. The van der Waals surface area contributed by atoms with E-state index in [0.717, 1.165) is 37.2 Å². The molecule has 0 aromatic carbocycles. The maximum atomic E-state index is 12.4. The van der Waals surface area contributed by atoms with Crippen LogP contribution in [0.25, 0.3) is 0 Å². The summed E-state index contributed by atoms with van der Waals surface area (Å²) >= 11 is 0. The second kappa shape index (κ2) is 5.86. The van der Waals surface area contributed by atoms with Gasteiger partial charge in [-0.05, 0) is 37.7 Å². The van der Waals surface area contributed by atoms with Crippen molar-refractivity contribution in [1.82, 2.24) is 14.9 Å². The van der Waals surface area contributed by atoms with Crippen molar-refractivity contribution in [2.24, 2.45) is 5.92 Å². The summed E-state index contributed by atoms with van der Waals surface area (Å²) in [6.45, 7) is 3.15. The molecule has 2 aliphatic carbocycles. The summed E-state index contributed by atoms with van der Waals surface area (Å²) in [4.78, 5) is 25.6. The van der Waals surface area contributed by atoms with E-state index in [1.807, 2.05) is 12.3 Å². The zero-order valence-corrected chi connectivity index (χ0v) is 13.1. The van der Waals surface area contributed by atoms with Crippen LogP contribution in [0.2, 0.25) is 0 Å². The Hall–Kier alpha value is -1.65. The Labute approximate surface area is 131 Å². The van der Waals surface area contributed by atoms with Crippen LogP contribution >= 0.6 is 0 Å². The van der Waals surface area contributed by atoms with Gasteiger partial charge in [-0.1, -0.05) is 12.8 Å². The Bertz CT molecular complexity index is 551. The zero-order chi connectivity index (χ0) is 14.9. The molecule has 0 atom stereocenters. The van der Waals surface area contributed by atoms with E-state index in [9.17, 15) is 4.79 Å². The fourth-order valence-corrected chi connectivity index (χ4v) is 3.68. The van der Waals surface area contributed by atoms with Gasteiger partial charge < -0.3 is 9.80 Å². The van der Waals surface area contributed by atoms with E-state index in [4.69, 9.17) is 0 Å². The van der Waals surface area contributed by atoms with E-state index in [0.29, 0.717) is 12.5 Å². The standard InChI is InChI=1S/C17H24N4O/c22-16-12-20(9-10-21(16)11-13-3-1-2-4-13)15-7-8-18-17(19-15)14-5-6-14/h7-8,13-14H,1-6,9-12H2. The van der Waals surface area contributed by atoms with Crippen molar-refractivity contribution < 1.29 is 4.79 Å². The molecule has 5 nitrogen and oxygen atoms in total. The van der Waals surface area contributed by atoms with Crippen LogP contribution in [0.3, 0.4) is 0 Å². The number of hydrogen-bond acceptors (Lipinski definition) is 4. The van der Waals surface area contributed by atoms with Crippen LogP contribution in [0.5, 0.6) is 0 Å². The third kappa shape index (κ3) is 2.94. The van der Waals surface area contributed by atoms with Crippen LogP contribution < -0.4 is 4.90 Å². The Morgan fingerprint density at radius 3 is 2.68 bits per heavy atom. The highest BCUT2D eigenvalue weighted by Crippen LogP contribution is 2.38. The third-order valence-corrected chi connectivity index (χ3v) is 5.20. The monoisotopic (exact) mass is 300 g/mol. The third-order valence-electron chi connectivity index (χ3n) is 5.20. The number of nitrogens with zero attached hydrogens (tertiary/aromatic N) is 4. The Morgan fingerprint density at radius 1 is 1.14 bits per heavy atom. The van der Waals surface area contributed by atoms with Gasteiger partial charge in [0, 0.05) is 31.7 Å². The molecular weight excluding hydrogens is 276 g/mol. The number of rotatable bonds is 4. The van der Waals surface area contributed by atoms with Gasteiger partial charge in [0.05, 0.1) is 6.54 Å². The predicted octanol–water partition coefficient (Wildman–Crippen LogP) is 2.19. The Morgan fingerprint density at radius 2 is 1.95 bits per heavy atom. The summed E-state index contributed by atoms with van der Waals surface area (Å²) in [5, 5.41) is 0. The van der Waals surface area contributed by atoms with Gasteiger partial charge in [-0.3, -0.25) is 4.79 Å². The number of piperazine rings is 1. The maximum absolute atomic E-state index is 12.4. The van der Waals surface area contributed by atoms with E-state index in [1.54, 1.807) is 0 Å². The van der Waals surface area contributed by atoms with Gasteiger partial charge in [0.1, 0.15) is 11.6 Å². The molecule has 0 unspecified atom stereocenters. The molecule has 0 N–H and O–H groups in total. The molecule has 3 fully saturated rings. The number of amides is 1. The van der Waals surface area contributed by atoms with E-state index >= 15 is 0 Å². The molecule has 4 rings (SSSR count). The average Bonchev–Trinajstić information content (AvgIpc) is 3.27. The second-order valence-corrected chi connectivity index (χ2v) is 6.96. The molecule has 5 heteroatoms. The molecule has 1 saturated heterocycles. The van der Waals surface area contributed by atoms with Crippen molar-refractivity contribution in [3.63, 3.8) is 0 Å². The van der Waals surface area contributed by atoms with E-state index < -0.39 is 0 Å². The van der Waals surface area contributed by atoms with Gasteiger partial charge in [-0.25, -0.2) is 9.97 Å². The summed E-state index contributed by atoms with van der Waals surface area (Å²) in [5.41, 5.74) is 0. The highest BCUT2D eigenvalue weighted by Gasteiger charge is 2.30. The van der Waals surface area contributed by atoms with Crippen molar-refractivity contribution in [1.29, 1.82) is 0 Å². The smallest absolute Gasteiger partial charge is 0.242 e. The minimum Gasteiger partial charge on any atom is -0.345 e. The highest BCUT2D eigenvalue weighted by atomic mass is 16.2. The first kappa shape index (κ1) is 14.0. The number of carbonyl (C=O) groups is 1. The normalized spacial score (nSPS) is 23.4. The van der Waals surface area contributed by atoms with Crippen LogP contribution in [0, 0.1) is 5.92 Å². The van der Waals surface area contributed by atoms with Gasteiger partial charge in [-0.2, -0.15) is 0 Å². The SMILES string of the molecule is O=C1CN(c2ccnc(C3CC3)n2)CCN1CC1CCCC1. The van der Waals surface area contributed by atoms with Crippen LogP contribution in [-0.2, 0) is 4.79 Å². The summed E-state index contributed by atoms with van der Waals surface area (Å²) in [6, 6.07) is 1.94. The molecule has 2 heterocycles. The maximum Gasteiger partial charge on any atom is 0.242 e. The lowest BCUT2D eigenvalue weighted by Gasteiger charge is -2.36. The van der Waals surface area contributed by atoms with Gasteiger partial charge in [0.15, 0.2) is 0 Å².